The first-order valence-corrected chi connectivity index (χ1v) is 38.2. The van der Waals surface area contributed by atoms with Crippen LogP contribution >= 0.6 is 36.1 Å². The van der Waals surface area contributed by atoms with Gasteiger partial charge in [0.25, 0.3) is 0 Å². The summed E-state index contributed by atoms with van der Waals surface area (Å²) < 4.78 is 131. The quantitative estimate of drug-likeness (QED) is 0.0182. The molecule has 0 amide bonds. The minimum atomic E-state index is -4.05. The Balaban J connectivity index is 0.000000163. The van der Waals surface area contributed by atoms with Crippen LogP contribution in [0.1, 0.15) is 213 Å². The van der Waals surface area contributed by atoms with Gasteiger partial charge in [0.15, 0.2) is 0 Å². The fourth-order valence-electron chi connectivity index (χ4n) is 22.5. The average Bonchev–Trinajstić information content (AvgIpc) is 0.739. The van der Waals surface area contributed by atoms with Gasteiger partial charge in [0.2, 0.25) is 0 Å². The molecule has 15 aliphatic carbocycles. The van der Waals surface area contributed by atoms with Gasteiger partial charge in [-0.15, -0.1) is 0 Å². The number of aliphatic hydroxyl groups is 1. The van der Waals surface area contributed by atoms with Crippen molar-refractivity contribution in [3.63, 3.8) is 0 Å². The van der Waals surface area contributed by atoms with E-state index in [1.54, 1.807) is 7.11 Å². The maximum atomic E-state index is 13.8. The van der Waals surface area contributed by atoms with Crippen molar-refractivity contribution in [1.82, 2.24) is 0 Å². The summed E-state index contributed by atoms with van der Waals surface area (Å²) in [6, 6.07) is 0. The van der Waals surface area contributed by atoms with Crippen molar-refractivity contribution in [3.05, 3.63) is 0 Å². The number of rotatable bonds is 29. The second kappa shape index (κ2) is 33.2. The van der Waals surface area contributed by atoms with Crippen molar-refractivity contribution in [1.29, 1.82) is 0 Å². The van der Waals surface area contributed by atoms with Crippen LogP contribution in [0.2, 0.25) is 0 Å². The minimum Gasteiger partial charge on any atom is -0.691 e. The smallest absolute Gasteiger partial charge is 0.415 e. The summed E-state index contributed by atoms with van der Waals surface area (Å²) in [5.41, 5.74) is -1.48. The molecule has 0 aromatic rings. The van der Waals surface area contributed by atoms with Gasteiger partial charge in [0.05, 0.1) is 63.5 Å². The van der Waals surface area contributed by atoms with Crippen LogP contribution < -0.4 is 15.8 Å². The molecule has 576 valence electrons. The predicted octanol–water partition coefficient (Wildman–Crippen LogP) is 11.2. The standard InChI is InChI=1S/C25H38F2O7S.2C22H32F2O8S/c1-22(2,3)19-6-4-18(5-7-19)20(28)31-14-23-9-16-8-17(10-23)12-24(11-16,13-23)15-32-21(29)25(26,27)35-34-33-30;1-28-17-4-2-16(3-5-17)18(25)29-12-20-7-14-6-15(8-20)10-21(9-14,11-20)13-30-19(26)22(23,24)33-32-31-27;23-22(24,33-32-31-28)19(27)30-13-21-8-15-5-16(9-21)7-20(6-15,11-21)12-29-18(26)17-3-1-14(10-25)2-4-17/h16-19,30H,4-15H2,1-3H3;14-17,27H,2-13H2,1H3;14-17,25,28H,1-13H2/p-3. The lowest BCUT2D eigenvalue weighted by Crippen LogP contribution is -2.55. The van der Waals surface area contributed by atoms with E-state index in [-0.39, 0.29) is 107 Å². The first kappa shape index (κ1) is 80.5. The first-order chi connectivity index (χ1) is 47.7. The van der Waals surface area contributed by atoms with Gasteiger partial charge in [-0.25, -0.2) is 14.4 Å². The van der Waals surface area contributed by atoms with Crippen LogP contribution in [0.5, 0.6) is 0 Å². The summed E-state index contributed by atoms with van der Waals surface area (Å²) >= 11 is -2.03. The number of methoxy groups -OCH3 is 1. The molecule has 15 rings (SSSR count). The fourth-order valence-corrected chi connectivity index (χ4v) is 23.2. The number of ether oxygens (including phenoxy) is 7. The summed E-state index contributed by atoms with van der Waals surface area (Å²) in [6.07, 6.45) is 26.2. The van der Waals surface area contributed by atoms with E-state index in [2.05, 4.69) is 48.9 Å². The maximum absolute atomic E-state index is 13.8. The normalized spacial score (nSPS) is 37.4. The van der Waals surface area contributed by atoms with Gasteiger partial charge < -0.3 is 54.0 Å². The second-order valence-electron chi connectivity index (χ2n) is 34.2. The number of halogens is 6. The number of esters is 6. The molecule has 0 heterocycles. The van der Waals surface area contributed by atoms with Crippen molar-refractivity contribution in [2.45, 2.75) is 235 Å². The van der Waals surface area contributed by atoms with Crippen LogP contribution in [0.3, 0.4) is 0 Å². The Morgan fingerprint density at radius 3 is 0.881 bits per heavy atom. The van der Waals surface area contributed by atoms with E-state index < -0.39 is 75.2 Å². The molecule has 101 heavy (non-hydrogen) atoms. The second-order valence-corrected chi connectivity index (χ2v) is 36.6. The van der Waals surface area contributed by atoms with E-state index in [1.807, 2.05) is 0 Å². The summed E-state index contributed by atoms with van der Waals surface area (Å²) in [6.45, 7) is 7.56. The molecular weight excluding hydrogens is 1410 g/mol. The average molecular weight is 1510 g/mol. The molecule has 0 aromatic heterocycles. The molecule has 0 aromatic carbocycles. The molecule has 0 spiro atoms. The van der Waals surface area contributed by atoms with Gasteiger partial charge >= 0.3 is 51.6 Å². The molecule has 0 saturated heterocycles. The minimum absolute atomic E-state index is 0.0440. The van der Waals surface area contributed by atoms with Crippen molar-refractivity contribution in [3.8, 4) is 0 Å². The van der Waals surface area contributed by atoms with Gasteiger partial charge in [-0.3, -0.25) is 29.5 Å². The highest BCUT2D eigenvalue weighted by molar-refractivity contribution is 7.96. The van der Waals surface area contributed by atoms with Gasteiger partial charge in [-0.2, -0.15) is 39.3 Å². The number of alkyl halides is 6. The van der Waals surface area contributed by atoms with Crippen LogP contribution in [0.4, 0.5) is 26.3 Å². The highest BCUT2D eigenvalue weighted by Gasteiger charge is 2.63. The lowest BCUT2D eigenvalue weighted by molar-refractivity contribution is -0.777. The van der Waals surface area contributed by atoms with Crippen molar-refractivity contribution in [2.75, 3.05) is 53.4 Å². The highest BCUT2D eigenvalue weighted by atomic mass is 32.2. The number of hydrogen-bond donors (Lipinski definition) is 1. The van der Waals surface area contributed by atoms with Crippen molar-refractivity contribution >= 4 is 71.9 Å². The monoisotopic (exact) mass is 1510 g/mol. The number of carbonyl (C=O) groups is 6. The molecule has 15 aliphatic rings. The Labute approximate surface area is 598 Å². The van der Waals surface area contributed by atoms with Crippen LogP contribution in [0.15, 0.2) is 0 Å². The highest BCUT2D eigenvalue weighted by Crippen LogP contribution is 2.68. The van der Waals surface area contributed by atoms with E-state index >= 15 is 0 Å². The third-order valence-electron chi connectivity index (χ3n) is 25.3. The van der Waals surface area contributed by atoms with E-state index in [1.165, 1.54) is 0 Å². The molecule has 0 aliphatic heterocycles. The molecule has 15 saturated carbocycles. The predicted molar refractivity (Wildman–Crippen MR) is 339 cm³/mol. The van der Waals surface area contributed by atoms with Crippen LogP contribution in [0.25, 0.3) is 0 Å². The Hall–Kier alpha value is -2.99. The molecule has 1 N–H and O–H groups in total. The number of carbonyl (C=O) groups excluding carboxylic acids is 6. The molecular formula is C69H99F6O23S3-3. The maximum Gasteiger partial charge on any atom is 0.415 e. The number of aliphatic hydroxyl groups excluding tert-OH is 1. The van der Waals surface area contributed by atoms with E-state index in [9.17, 15) is 76.0 Å². The third kappa shape index (κ3) is 20.2. The molecule has 23 nitrogen and oxygen atoms in total. The molecule has 6 unspecified atom stereocenters. The molecule has 32 heteroatoms. The molecule has 12 bridgehead atoms. The Kier molecular flexibility index (Phi) is 26.5. The zero-order valence-corrected chi connectivity index (χ0v) is 60.5. The van der Waals surface area contributed by atoms with Gasteiger partial charge in [-0.05, 0) is 245 Å². The Bertz CT molecular complexity index is 2670. The lowest BCUT2D eigenvalue weighted by atomic mass is 9.44. The number of hydrogen-bond acceptors (Lipinski definition) is 26. The van der Waals surface area contributed by atoms with Gasteiger partial charge in [-0.1, -0.05) is 20.8 Å². The largest absolute Gasteiger partial charge is 0.691 e. The van der Waals surface area contributed by atoms with E-state index in [0.29, 0.717) is 80.5 Å². The third-order valence-corrected chi connectivity index (χ3v) is 26.8. The lowest BCUT2D eigenvalue weighted by Gasteiger charge is -2.61. The zero-order valence-electron chi connectivity index (χ0n) is 58.0. The molecule has 6 atom stereocenters. The Morgan fingerprint density at radius 2 is 0.644 bits per heavy atom. The van der Waals surface area contributed by atoms with Gasteiger partial charge in [0, 0.05) is 46.2 Å². The first-order valence-electron chi connectivity index (χ1n) is 35.9. The zero-order chi connectivity index (χ0) is 72.9. The van der Waals surface area contributed by atoms with Crippen LogP contribution in [-0.2, 0) is 90.0 Å². The van der Waals surface area contributed by atoms with Crippen LogP contribution in [0, 0.1) is 103 Å². The Morgan fingerprint density at radius 1 is 0.396 bits per heavy atom. The summed E-state index contributed by atoms with van der Waals surface area (Å²) in [5, 5.41) is 35.3. The van der Waals surface area contributed by atoms with Crippen molar-refractivity contribution < 1.29 is 137 Å². The SMILES string of the molecule is CC(C)(C)C1CCC(C(=O)OCC23CC4CC(C2)CC(COC(=O)C(F)(F)SOO[O-])(C4)C3)CC1.COC1CCC(C(=O)OCC23CC4CC(C2)CC(COC(=O)C(F)(F)SOO[O-])(C4)C3)CC1.O=C(OCC12CC3CC(C1)CC(COC(=O)C(F)(F)SOO[O-])(C3)C2)C1CCC(CO)CC1. The molecule has 15 fully saturated rings. The molecule has 0 radical (unpaired) electrons. The van der Waals surface area contributed by atoms with Crippen LogP contribution in [-0.4, -0.2) is 116 Å². The van der Waals surface area contributed by atoms with E-state index in [0.717, 1.165) is 173 Å². The van der Waals surface area contributed by atoms with Crippen molar-refractivity contribution in [2.24, 2.45) is 103 Å². The fraction of sp³-hybridized carbons (Fsp3) is 0.913. The topological polar surface area (TPSA) is 312 Å². The summed E-state index contributed by atoms with van der Waals surface area (Å²) in [5.74, 6) is -2.63. The van der Waals surface area contributed by atoms with Gasteiger partial charge in [0.1, 0.15) is 36.1 Å². The summed E-state index contributed by atoms with van der Waals surface area (Å²) in [4.78, 5) is 74.0. The summed E-state index contributed by atoms with van der Waals surface area (Å²) in [7, 11) is 1.69. The van der Waals surface area contributed by atoms with E-state index in [4.69, 9.17) is 33.2 Å².